The number of anilines is 1. The van der Waals surface area contributed by atoms with Crippen molar-refractivity contribution in [1.29, 1.82) is 0 Å². The van der Waals surface area contributed by atoms with Crippen LogP contribution in [0.2, 0.25) is 0 Å². The highest BCUT2D eigenvalue weighted by Gasteiger charge is 2.31. The largest absolute Gasteiger partial charge is 0.373 e. The highest BCUT2D eigenvalue weighted by Crippen LogP contribution is 2.41. The van der Waals surface area contributed by atoms with Crippen LogP contribution >= 0.6 is 11.3 Å². The van der Waals surface area contributed by atoms with Gasteiger partial charge in [-0.3, -0.25) is 4.68 Å². The topological polar surface area (TPSA) is 69.0 Å². The Balaban J connectivity index is 1.39. The molecule has 1 aromatic carbocycles. The molecule has 4 aromatic rings. The fraction of sp³-hybridized carbons (Fsp3) is 0.417. The van der Waals surface area contributed by atoms with Gasteiger partial charge in [-0.25, -0.2) is 18.7 Å². The van der Waals surface area contributed by atoms with Gasteiger partial charge in [-0.15, -0.1) is 0 Å². The van der Waals surface area contributed by atoms with Crippen molar-refractivity contribution in [2.45, 2.75) is 43.7 Å². The third-order valence-corrected chi connectivity index (χ3v) is 7.61. The normalized spacial score (nSPS) is 20.7. The van der Waals surface area contributed by atoms with Gasteiger partial charge in [0, 0.05) is 50.0 Å². The number of rotatable bonds is 5. The first kappa shape index (κ1) is 21.5. The van der Waals surface area contributed by atoms with Crippen LogP contribution < -0.4 is 4.90 Å². The molecule has 0 radical (unpaired) electrons. The summed E-state index contributed by atoms with van der Waals surface area (Å²) in [4.78, 5) is 16.2. The maximum Gasteiger partial charge on any atom is 0.187 e. The molecule has 7 nitrogen and oxygen atoms in total. The number of fused-ring (bicyclic) bond motifs is 1. The number of hydrogen-bond acceptors (Lipinski definition) is 7. The molecule has 34 heavy (non-hydrogen) atoms. The lowest BCUT2D eigenvalue weighted by atomic mass is 9.92. The van der Waals surface area contributed by atoms with E-state index in [4.69, 9.17) is 14.7 Å². The van der Waals surface area contributed by atoms with E-state index < -0.39 is 11.6 Å². The molecule has 3 aromatic heterocycles. The number of hydrogen-bond donors (Lipinski definition) is 0. The molecule has 4 heterocycles. The van der Waals surface area contributed by atoms with Crippen LogP contribution in [-0.4, -0.2) is 45.4 Å². The first-order valence-corrected chi connectivity index (χ1v) is 12.2. The number of ether oxygens (including phenoxy) is 1. The maximum atomic E-state index is 14.8. The van der Waals surface area contributed by atoms with Gasteiger partial charge in [0.1, 0.15) is 22.2 Å². The minimum absolute atomic E-state index is 0.0270. The maximum absolute atomic E-state index is 14.8. The first-order chi connectivity index (χ1) is 16.5. The average Bonchev–Trinajstić information content (AvgIpc) is 3.38. The van der Waals surface area contributed by atoms with Crippen molar-refractivity contribution in [3.8, 4) is 11.3 Å². The number of nitrogens with zero attached hydrogens (tertiary/aromatic N) is 6. The standard InChI is InChI=1S/C24H24F2N6OS/c1-31(2)24-30-23-21(34-24)20(17-6-3-15(25)10-18(17)26)28-22(29-23)13-7-8-33-19(9-13)14-11-27-32(12-14)16-4-5-16/h3,6,10-13,16,19H,4-5,7-9H2,1-2H3/t13-,19-/m0/s1. The van der Waals surface area contributed by atoms with Crippen molar-refractivity contribution in [2.75, 3.05) is 25.6 Å². The lowest BCUT2D eigenvalue weighted by Crippen LogP contribution is -2.20. The van der Waals surface area contributed by atoms with E-state index in [2.05, 4.69) is 16.3 Å². The van der Waals surface area contributed by atoms with Crippen LogP contribution in [0.15, 0.2) is 30.6 Å². The summed E-state index contributed by atoms with van der Waals surface area (Å²) >= 11 is 1.40. The van der Waals surface area contributed by atoms with Crippen LogP contribution in [0.25, 0.3) is 21.6 Å². The van der Waals surface area contributed by atoms with Gasteiger partial charge in [0.2, 0.25) is 0 Å². The predicted octanol–water partition coefficient (Wildman–Crippen LogP) is 5.26. The monoisotopic (exact) mass is 482 g/mol. The molecule has 2 fully saturated rings. The van der Waals surface area contributed by atoms with Crippen molar-refractivity contribution in [1.82, 2.24) is 24.7 Å². The zero-order valence-corrected chi connectivity index (χ0v) is 19.7. The second-order valence-electron chi connectivity index (χ2n) is 9.16. The van der Waals surface area contributed by atoms with Crippen molar-refractivity contribution < 1.29 is 13.5 Å². The van der Waals surface area contributed by atoms with Crippen LogP contribution in [-0.2, 0) is 4.74 Å². The average molecular weight is 483 g/mol. The molecular formula is C24H24F2N6OS. The summed E-state index contributed by atoms with van der Waals surface area (Å²) in [6.45, 7) is 0.575. The first-order valence-electron chi connectivity index (χ1n) is 11.4. The fourth-order valence-electron chi connectivity index (χ4n) is 4.39. The van der Waals surface area contributed by atoms with E-state index in [9.17, 15) is 8.78 Å². The summed E-state index contributed by atoms with van der Waals surface area (Å²) in [5, 5.41) is 5.25. The van der Waals surface area contributed by atoms with Crippen molar-refractivity contribution >= 4 is 26.8 Å². The highest BCUT2D eigenvalue weighted by molar-refractivity contribution is 7.22. The van der Waals surface area contributed by atoms with Gasteiger partial charge >= 0.3 is 0 Å². The molecule has 0 bridgehead atoms. The molecule has 2 aliphatic rings. The molecule has 0 spiro atoms. The summed E-state index contributed by atoms with van der Waals surface area (Å²) < 4.78 is 37.2. The smallest absolute Gasteiger partial charge is 0.187 e. The van der Waals surface area contributed by atoms with Gasteiger partial charge in [-0.2, -0.15) is 10.1 Å². The van der Waals surface area contributed by atoms with E-state index >= 15 is 0 Å². The molecular weight excluding hydrogens is 458 g/mol. The summed E-state index contributed by atoms with van der Waals surface area (Å²) in [5.41, 5.74) is 2.29. The van der Waals surface area contributed by atoms with Crippen molar-refractivity contribution in [3.63, 3.8) is 0 Å². The van der Waals surface area contributed by atoms with Gasteiger partial charge in [0.05, 0.1) is 24.0 Å². The number of aromatic nitrogens is 5. The Labute approximate surface area is 199 Å². The minimum Gasteiger partial charge on any atom is -0.373 e. The van der Waals surface area contributed by atoms with E-state index in [0.717, 1.165) is 23.2 Å². The summed E-state index contributed by atoms with van der Waals surface area (Å²) in [6, 6.07) is 4.09. The van der Waals surface area contributed by atoms with Crippen LogP contribution in [0, 0.1) is 11.6 Å². The Hall–Kier alpha value is -2.98. The van der Waals surface area contributed by atoms with Crippen LogP contribution in [0.5, 0.6) is 0 Å². The zero-order valence-electron chi connectivity index (χ0n) is 18.9. The van der Waals surface area contributed by atoms with Crippen molar-refractivity contribution in [2.24, 2.45) is 0 Å². The molecule has 1 saturated carbocycles. The van der Waals surface area contributed by atoms with Crippen LogP contribution in [0.1, 0.15) is 55.1 Å². The number of thiazole rings is 1. The molecule has 176 valence electrons. The SMILES string of the molecule is CN(C)c1nc2nc([C@H]3CCO[C@H](c4cnn(C5CC5)c4)C3)nc(-c3ccc(F)cc3F)c2s1. The van der Waals surface area contributed by atoms with E-state index in [1.54, 1.807) is 0 Å². The van der Waals surface area contributed by atoms with E-state index in [0.29, 0.717) is 40.9 Å². The lowest BCUT2D eigenvalue weighted by Gasteiger charge is -2.28. The van der Waals surface area contributed by atoms with E-state index in [1.165, 1.54) is 36.3 Å². The second kappa shape index (κ2) is 8.35. The Kier molecular flexibility index (Phi) is 5.29. The molecule has 1 aliphatic carbocycles. The molecule has 10 heteroatoms. The van der Waals surface area contributed by atoms with Gasteiger partial charge < -0.3 is 9.64 Å². The minimum atomic E-state index is -0.650. The van der Waals surface area contributed by atoms with Crippen molar-refractivity contribution in [3.05, 3.63) is 53.6 Å². The predicted molar refractivity (Wildman–Crippen MR) is 126 cm³/mol. The summed E-state index contributed by atoms with van der Waals surface area (Å²) in [6.07, 6.45) is 7.69. The molecule has 0 amide bonds. The quantitative estimate of drug-likeness (QED) is 0.386. The molecule has 0 unspecified atom stereocenters. The molecule has 1 aliphatic heterocycles. The third kappa shape index (κ3) is 3.94. The fourth-order valence-corrected chi connectivity index (χ4v) is 5.32. The highest BCUT2D eigenvalue weighted by atomic mass is 32.1. The molecule has 1 saturated heterocycles. The van der Waals surface area contributed by atoms with Gasteiger partial charge in [-0.05, 0) is 37.8 Å². The molecule has 2 atom stereocenters. The second-order valence-corrected chi connectivity index (χ2v) is 10.1. The van der Waals surface area contributed by atoms with E-state index in [-0.39, 0.29) is 17.6 Å². The van der Waals surface area contributed by atoms with Gasteiger partial charge in [0.15, 0.2) is 10.8 Å². The summed E-state index contributed by atoms with van der Waals surface area (Å²) in [5.74, 6) is -0.629. The Morgan fingerprint density at radius 2 is 1.97 bits per heavy atom. The third-order valence-electron chi connectivity index (χ3n) is 6.39. The van der Waals surface area contributed by atoms with Gasteiger partial charge in [-0.1, -0.05) is 11.3 Å². The zero-order chi connectivity index (χ0) is 23.4. The lowest BCUT2D eigenvalue weighted by molar-refractivity contribution is 0.00396. The van der Waals surface area contributed by atoms with E-state index in [1.807, 2.05) is 29.9 Å². The van der Waals surface area contributed by atoms with Crippen LogP contribution in [0.4, 0.5) is 13.9 Å². The Morgan fingerprint density at radius 3 is 2.74 bits per heavy atom. The number of halogens is 2. The number of benzene rings is 1. The van der Waals surface area contributed by atoms with Gasteiger partial charge in [0.25, 0.3) is 0 Å². The summed E-state index contributed by atoms with van der Waals surface area (Å²) in [7, 11) is 3.80. The Bertz CT molecular complexity index is 1370. The Morgan fingerprint density at radius 1 is 1.12 bits per heavy atom. The van der Waals surface area contributed by atoms with Crippen LogP contribution in [0.3, 0.4) is 0 Å². The molecule has 0 N–H and O–H groups in total. The molecule has 6 rings (SSSR count).